The molecule has 1 unspecified atom stereocenters. The smallest absolute Gasteiger partial charge is 0.312 e. The Morgan fingerprint density at radius 1 is 0.911 bits per heavy atom. The Morgan fingerprint density at radius 3 is 1.93 bits per heavy atom. The van der Waals surface area contributed by atoms with Crippen molar-refractivity contribution in [1.29, 1.82) is 0 Å². The van der Waals surface area contributed by atoms with Crippen LogP contribution >= 0.6 is 0 Å². The van der Waals surface area contributed by atoms with Crippen LogP contribution < -0.4 is 32.3 Å². The Morgan fingerprint density at radius 2 is 1.51 bits per heavy atom. The SMILES string of the molecule is CCC(=O)O.CCCNC(N)=O.Cc1cc(COC(=O)C(C)C)ccc1NC(=O)CNC(=O)C(NC(=O)CNC(C)C)C(C)C. The molecule has 0 aromatic heterocycles. The Kier molecular flexibility index (Phi) is 23.0. The lowest BCUT2D eigenvalue weighted by atomic mass is 10.0. The van der Waals surface area contributed by atoms with Gasteiger partial charge in [0.25, 0.3) is 0 Å². The number of carbonyl (C=O) groups is 6. The Labute approximate surface area is 267 Å². The monoisotopic (exact) mass is 638 g/mol. The van der Waals surface area contributed by atoms with Crippen LogP contribution in [0, 0.1) is 18.8 Å². The average Bonchev–Trinajstić information content (AvgIpc) is 2.96. The summed E-state index contributed by atoms with van der Waals surface area (Å²) in [5, 5.41) is 21.2. The van der Waals surface area contributed by atoms with Gasteiger partial charge in [-0.15, -0.1) is 0 Å². The standard InChI is InChI=1S/C24H38N4O5.C4H10N2O.C3H6O2/c1-14(2)22(28-21(30)11-25-16(5)6)23(31)26-12-20(29)27-19-9-8-18(10-17(19)7)13-33-24(32)15(3)4;1-2-3-6-4(5)7;1-2-3(4)5/h8-10,14-16,22,25H,11-13H2,1-7H3,(H,26,31)(H,27,29)(H,28,30);2-3H2,1H3,(H3,5,6,7);2H2,1H3,(H,4,5). The minimum atomic E-state index is -0.745. The normalized spacial score (nSPS) is 10.8. The fourth-order valence-corrected chi connectivity index (χ4v) is 3.05. The predicted octanol–water partition coefficient (Wildman–Crippen LogP) is 2.43. The van der Waals surface area contributed by atoms with Gasteiger partial charge in [-0.2, -0.15) is 0 Å². The molecule has 1 aromatic rings. The first-order valence-electron chi connectivity index (χ1n) is 15.1. The van der Waals surface area contributed by atoms with Gasteiger partial charge in [0.1, 0.15) is 12.6 Å². The van der Waals surface area contributed by atoms with Gasteiger partial charge in [0.2, 0.25) is 17.7 Å². The number of aryl methyl sites for hydroxylation is 1. The van der Waals surface area contributed by atoms with Gasteiger partial charge in [-0.25, -0.2) is 4.79 Å². The van der Waals surface area contributed by atoms with Crippen LogP contribution in [0.1, 0.15) is 79.4 Å². The third-order valence-electron chi connectivity index (χ3n) is 5.63. The van der Waals surface area contributed by atoms with E-state index in [1.807, 2.05) is 47.6 Å². The third kappa shape index (κ3) is 22.9. The summed E-state index contributed by atoms with van der Waals surface area (Å²) in [5.41, 5.74) is 6.95. The van der Waals surface area contributed by atoms with Crippen molar-refractivity contribution in [2.75, 3.05) is 25.0 Å². The molecule has 1 atom stereocenters. The first-order chi connectivity index (χ1) is 20.9. The second-order valence-corrected chi connectivity index (χ2v) is 11.0. The molecule has 0 saturated carbocycles. The highest BCUT2D eigenvalue weighted by Gasteiger charge is 2.24. The maximum absolute atomic E-state index is 12.5. The van der Waals surface area contributed by atoms with E-state index in [4.69, 9.17) is 15.6 Å². The second kappa shape index (κ2) is 24.2. The zero-order valence-corrected chi connectivity index (χ0v) is 28.2. The van der Waals surface area contributed by atoms with Crippen LogP contribution in [0.4, 0.5) is 10.5 Å². The van der Waals surface area contributed by atoms with Crippen LogP contribution in [-0.2, 0) is 35.3 Å². The lowest BCUT2D eigenvalue weighted by molar-refractivity contribution is -0.148. The van der Waals surface area contributed by atoms with Gasteiger partial charge < -0.3 is 42.2 Å². The van der Waals surface area contributed by atoms with Gasteiger partial charge in [0.15, 0.2) is 0 Å². The lowest BCUT2D eigenvalue weighted by Gasteiger charge is -2.22. The fourth-order valence-electron chi connectivity index (χ4n) is 3.05. The van der Waals surface area contributed by atoms with E-state index in [0.29, 0.717) is 12.2 Å². The summed E-state index contributed by atoms with van der Waals surface area (Å²) < 4.78 is 5.22. The van der Waals surface area contributed by atoms with Gasteiger partial charge in [0.05, 0.1) is 19.0 Å². The molecule has 0 aliphatic rings. The van der Waals surface area contributed by atoms with Crippen molar-refractivity contribution < 1.29 is 38.6 Å². The van der Waals surface area contributed by atoms with Crippen molar-refractivity contribution in [2.24, 2.45) is 17.6 Å². The molecule has 0 heterocycles. The van der Waals surface area contributed by atoms with Gasteiger partial charge in [-0.05, 0) is 36.5 Å². The van der Waals surface area contributed by atoms with Crippen molar-refractivity contribution in [1.82, 2.24) is 21.3 Å². The minimum absolute atomic E-state index is 0.112. The van der Waals surface area contributed by atoms with Crippen LogP contribution in [0.5, 0.6) is 0 Å². The van der Waals surface area contributed by atoms with Crippen LogP contribution in [0.25, 0.3) is 0 Å². The average molecular weight is 639 g/mol. The number of hydrogen-bond acceptors (Lipinski definition) is 8. The number of carboxylic acids is 1. The van der Waals surface area contributed by atoms with Gasteiger partial charge in [0, 0.05) is 24.7 Å². The number of carboxylic acid groups (broad SMARTS) is 1. The lowest BCUT2D eigenvalue weighted by Crippen LogP contribution is -2.52. The molecule has 0 aliphatic carbocycles. The number of nitrogens with two attached hydrogens (primary N) is 1. The molecule has 5 amide bonds. The zero-order valence-electron chi connectivity index (χ0n) is 28.2. The summed E-state index contributed by atoms with van der Waals surface area (Å²) in [5.74, 6) is -2.44. The largest absolute Gasteiger partial charge is 0.481 e. The van der Waals surface area contributed by atoms with E-state index in [1.165, 1.54) is 0 Å². The Balaban J connectivity index is 0. The van der Waals surface area contributed by atoms with Crippen molar-refractivity contribution >= 4 is 41.4 Å². The van der Waals surface area contributed by atoms with Gasteiger partial charge in [-0.1, -0.05) is 67.5 Å². The first kappa shape index (κ1) is 42.9. The van der Waals surface area contributed by atoms with Crippen LogP contribution in [0.2, 0.25) is 0 Å². The number of benzene rings is 1. The summed E-state index contributed by atoms with van der Waals surface area (Å²) in [4.78, 5) is 67.8. The fraction of sp³-hybridized carbons (Fsp3) is 0.613. The number of nitrogens with one attached hydrogen (secondary N) is 5. The first-order valence-corrected chi connectivity index (χ1v) is 15.1. The molecule has 256 valence electrons. The maximum atomic E-state index is 12.5. The third-order valence-corrected chi connectivity index (χ3v) is 5.63. The predicted molar refractivity (Wildman–Crippen MR) is 173 cm³/mol. The molecular formula is C31H54N6O8. The topological polar surface area (TPSA) is 218 Å². The Bertz CT molecular complexity index is 1090. The number of aliphatic carboxylic acids is 1. The van der Waals surface area contributed by atoms with Gasteiger partial charge >= 0.3 is 18.0 Å². The number of carbonyl (C=O) groups excluding carboxylic acids is 5. The number of hydrogen-bond donors (Lipinski definition) is 7. The Hall–Kier alpha value is -4.20. The summed E-state index contributed by atoms with van der Waals surface area (Å²) in [6.45, 7) is 17.2. The van der Waals surface area contributed by atoms with Crippen LogP contribution in [-0.4, -0.2) is 72.5 Å². The quantitative estimate of drug-likeness (QED) is 0.140. The van der Waals surface area contributed by atoms with E-state index < -0.39 is 23.9 Å². The van der Waals surface area contributed by atoms with E-state index in [9.17, 15) is 28.8 Å². The van der Waals surface area contributed by atoms with Crippen molar-refractivity contribution in [3.8, 4) is 0 Å². The number of urea groups is 1. The van der Waals surface area contributed by atoms with E-state index in [-0.39, 0.29) is 61.8 Å². The number of anilines is 1. The molecule has 0 aliphatic heterocycles. The van der Waals surface area contributed by atoms with E-state index in [1.54, 1.807) is 32.9 Å². The van der Waals surface area contributed by atoms with Crippen LogP contribution in [0.3, 0.4) is 0 Å². The number of ether oxygens (including phenoxy) is 1. The highest BCUT2D eigenvalue weighted by Crippen LogP contribution is 2.17. The number of esters is 1. The highest BCUT2D eigenvalue weighted by atomic mass is 16.5. The summed E-state index contributed by atoms with van der Waals surface area (Å²) >= 11 is 0. The summed E-state index contributed by atoms with van der Waals surface area (Å²) in [7, 11) is 0. The van der Waals surface area contributed by atoms with E-state index in [2.05, 4.69) is 26.6 Å². The van der Waals surface area contributed by atoms with Crippen LogP contribution in [0.15, 0.2) is 18.2 Å². The van der Waals surface area contributed by atoms with Crippen molar-refractivity contribution in [2.45, 2.75) is 93.8 Å². The van der Waals surface area contributed by atoms with Crippen molar-refractivity contribution in [3.63, 3.8) is 0 Å². The molecule has 0 spiro atoms. The number of rotatable bonds is 15. The molecule has 0 bridgehead atoms. The minimum Gasteiger partial charge on any atom is -0.481 e. The molecule has 8 N–H and O–H groups in total. The maximum Gasteiger partial charge on any atom is 0.312 e. The molecule has 0 saturated heterocycles. The molecule has 0 fully saturated rings. The zero-order chi connectivity index (χ0) is 35.1. The molecule has 0 radical (unpaired) electrons. The van der Waals surface area contributed by atoms with E-state index >= 15 is 0 Å². The molecular weight excluding hydrogens is 584 g/mol. The highest BCUT2D eigenvalue weighted by molar-refractivity contribution is 5.96. The second-order valence-electron chi connectivity index (χ2n) is 11.0. The van der Waals surface area contributed by atoms with Crippen molar-refractivity contribution in [3.05, 3.63) is 29.3 Å². The number of primary amides is 1. The van der Waals surface area contributed by atoms with E-state index in [0.717, 1.165) is 17.5 Å². The molecule has 45 heavy (non-hydrogen) atoms. The molecule has 1 aromatic carbocycles. The summed E-state index contributed by atoms with van der Waals surface area (Å²) in [6, 6.07) is 4.29. The molecule has 14 heteroatoms. The molecule has 14 nitrogen and oxygen atoms in total. The number of amides is 5. The van der Waals surface area contributed by atoms with Gasteiger partial charge in [-0.3, -0.25) is 24.0 Å². The summed E-state index contributed by atoms with van der Waals surface area (Å²) in [6.07, 6.45) is 1.16. The molecule has 1 rings (SSSR count).